The first-order valence-corrected chi connectivity index (χ1v) is 11.4. The number of H-pyrrole nitrogens is 1. The number of para-hydroxylation sites is 1. The molecule has 9 heteroatoms. The second kappa shape index (κ2) is 9.19. The van der Waals surface area contributed by atoms with Gasteiger partial charge in [0.2, 0.25) is 0 Å². The molecule has 8 nitrogen and oxygen atoms in total. The summed E-state index contributed by atoms with van der Waals surface area (Å²) in [6.45, 7) is 4.23. The first kappa shape index (κ1) is 22.5. The number of imidazole rings is 1. The highest BCUT2D eigenvalue weighted by molar-refractivity contribution is 7.71. The van der Waals surface area contributed by atoms with Crippen molar-refractivity contribution in [1.29, 1.82) is 0 Å². The smallest absolute Gasteiger partial charge is 0.337 e. The summed E-state index contributed by atoms with van der Waals surface area (Å²) in [5, 5.41) is 12.5. The quantitative estimate of drug-likeness (QED) is 0.274. The topological polar surface area (TPSA) is 106 Å². The second-order valence-electron chi connectivity index (χ2n) is 8.30. The molecular weight excluding hydrogens is 464 g/mol. The number of benzene rings is 3. The average molecular weight is 487 g/mol. The van der Waals surface area contributed by atoms with Crippen molar-refractivity contribution >= 4 is 29.2 Å². The number of hydrogen-bond donors (Lipinski definition) is 2. The number of aromatic nitrogens is 4. The summed E-state index contributed by atoms with van der Waals surface area (Å²) < 4.78 is 12.8. The van der Waals surface area contributed by atoms with Crippen molar-refractivity contribution in [3.05, 3.63) is 82.7 Å². The Morgan fingerprint density at radius 3 is 2.46 bits per heavy atom. The van der Waals surface area contributed by atoms with Crippen molar-refractivity contribution in [3.63, 3.8) is 0 Å². The van der Waals surface area contributed by atoms with Gasteiger partial charge < -0.3 is 14.4 Å². The third kappa shape index (κ3) is 4.45. The molecule has 35 heavy (non-hydrogen) atoms. The zero-order valence-corrected chi connectivity index (χ0v) is 19.9. The fourth-order valence-corrected chi connectivity index (χ4v) is 4.18. The highest BCUT2D eigenvalue weighted by Crippen LogP contribution is 2.31. The normalized spacial score (nSPS) is 11.3. The number of carbonyl (C=O) groups is 1. The molecule has 0 saturated heterocycles. The summed E-state index contributed by atoms with van der Waals surface area (Å²) in [5.74, 6) is -0.442. The van der Waals surface area contributed by atoms with E-state index in [9.17, 15) is 9.90 Å². The summed E-state index contributed by atoms with van der Waals surface area (Å²) in [7, 11) is 0. The van der Waals surface area contributed by atoms with Gasteiger partial charge in [0.25, 0.3) is 6.01 Å². The Morgan fingerprint density at radius 2 is 1.80 bits per heavy atom. The summed E-state index contributed by atoms with van der Waals surface area (Å²) >= 11 is 5.00. The van der Waals surface area contributed by atoms with E-state index in [1.165, 1.54) is 0 Å². The van der Waals surface area contributed by atoms with E-state index >= 15 is 0 Å². The number of hydrogen-bond acceptors (Lipinski definition) is 6. The van der Waals surface area contributed by atoms with Crippen LogP contribution in [0, 0.1) is 4.84 Å². The van der Waals surface area contributed by atoms with Crippen molar-refractivity contribution < 1.29 is 19.2 Å². The molecule has 0 unspecified atom stereocenters. The predicted octanol–water partition coefficient (Wildman–Crippen LogP) is 5.95. The Balaban J connectivity index is 1.53. The van der Waals surface area contributed by atoms with Crippen molar-refractivity contribution in [2.45, 2.75) is 26.5 Å². The molecule has 3 aromatic carbocycles. The van der Waals surface area contributed by atoms with Gasteiger partial charge in [0.15, 0.2) is 5.82 Å². The van der Waals surface area contributed by atoms with Crippen LogP contribution in [0.4, 0.5) is 0 Å². The van der Waals surface area contributed by atoms with Crippen molar-refractivity contribution in [2.75, 3.05) is 0 Å². The molecule has 0 amide bonds. The first-order chi connectivity index (χ1) is 16.9. The van der Waals surface area contributed by atoms with E-state index in [1.54, 1.807) is 18.2 Å². The summed E-state index contributed by atoms with van der Waals surface area (Å²) in [6, 6.07) is 21.3. The van der Waals surface area contributed by atoms with E-state index in [0.717, 1.165) is 22.3 Å². The molecule has 5 aromatic rings. The Labute approximate surface area is 205 Å². The molecule has 0 aliphatic heterocycles. The minimum atomic E-state index is -1.01. The summed E-state index contributed by atoms with van der Waals surface area (Å²) in [6.07, 6.45) is -0.110. The maximum absolute atomic E-state index is 11.9. The third-order valence-corrected chi connectivity index (χ3v) is 5.70. The molecule has 0 bridgehead atoms. The van der Waals surface area contributed by atoms with Crippen LogP contribution >= 0.6 is 12.2 Å². The Hall–Kier alpha value is -4.24. The monoisotopic (exact) mass is 486 g/mol. The average Bonchev–Trinajstić information content (AvgIpc) is 3.42. The summed E-state index contributed by atoms with van der Waals surface area (Å²) in [4.78, 5) is 20.8. The molecule has 0 radical (unpaired) electrons. The van der Waals surface area contributed by atoms with Gasteiger partial charge in [0, 0.05) is 5.56 Å². The van der Waals surface area contributed by atoms with E-state index in [2.05, 4.69) is 15.1 Å². The number of carboxylic acid groups (broad SMARTS) is 1. The fraction of sp³-hybridized carbons (Fsp3) is 0.154. The Bertz CT molecular complexity index is 1580. The lowest BCUT2D eigenvalue weighted by atomic mass is 9.98. The second-order valence-corrected chi connectivity index (χ2v) is 8.65. The maximum atomic E-state index is 11.9. The molecule has 0 aliphatic carbocycles. The molecule has 0 spiro atoms. The molecule has 0 atom stereocenters. The molecule has 5 rings (SSSR count). The number of nitrogens with zero attached hydrogens (tertiary/aromatic N) is 3. The molecule has 2 N–H and O–H groups in total. The first-order valence-electron chi connectivity index (χ1n) is 11.0. The van der Waals surface area contributed by atoms with Crippen LogP contribution in [0.3, 0.4) is 0 Å². The van der Waals surface area contributed by atoms with Crippen LogP contribution in [0.15, 0.2) is 71.3 Å². The van der Waals surface area contributed by atoms with Gasteiger partial charge in [0.05, 0.1) is 29.2 Å². The predicted molar refractivity (Wildman–Crippen MR) is 134 cm³/mol. The molecular formula is C26H22N4O4S. The van der Waals surface area contributed by atoms with Crippen molar-refractivity contribution in [2.24, 2.45) is 0 Å². The number of fused-ring (bicyclic) bond motifs is 1. The standard InChI is InChI=1S/C26H22N4O4S/c1-15(2)33-25-27-21-9-5-8-20(24(31)32)22(21)30(25)14-16-10-12-17(13-11-16)18-6-3-4-7-19(18)23-28-26(35)34-29-23/h3-13,15H,14H2,1-2H3,(H,31,32)(H,28,29,35). The molecule has 2 heterocycles. The van der Waals surface area contributed by atoms with Gasteiger partial charge in [-0.3, -0.25) is 4.57 Å². The summed E-state index contributed by atoms with van der Waals surface area (Å²) in [5.41, 5.74) is 5.11. The maximum Gasteiger partial charge on any atom is 0.337 e. The van der Waals surface area contributed by atoms with E-state index in [-0.39, 0.29) is 16.5 Å². The fourth-order valence-electron chi connectivity index (χ4n) is 4.04. The molecule has 176 valence electrons. The Kier molecular flexibility index (Phi) is 5.92. The lowest BCUT2D eigenvalue weighted by molar-refractivity contribution is 0.0698. The molecule has 0 aliphatic rings. The van der Waals surface area contributed by atoms with Crippen LogP contribution in [-0.4, -0.2) is 36.9 Å². The van der Waals surface area contributed by atoms with E-state index in [0.29, 0.717) is 29.4 Å². The number of aromatic carboxylic acids is 1. The zero-order chi connectivity index (χ0) is 24.5. The van der Waals surface area contributed by atoms with Crippen LogP contribution < -0.4 is 4.74 Å². The number of ether oxygens (including phenoxy) is 1. The lowest BCUT2D eigenvalue weighted by Gasteiger charge is -2.14. The lowest BCUT2D eigenvalue weighted by Crippen LogP contribution is -2.12. The van der Waals surface area contributed by atoms with Crippen LogP contribution in [0.1, 0.15) is 29.8 Å². The van der Waals surface area contributed by atoms with Gasteiger partial charge in [0.1, 0.15) is 0 Å². The largest absolute Gasteiger partial charge is 0.478 e. The third-order valence-electron chi connectivity index (χ3n) is 5.53. The van der Waals surface area contributed by atoms with Gasteiger partial charge in [-0.15, -0.1) is 0 Å². The van der Waals surface area contributed by atoms with Crippen molar-refractivity contribution in [3.8, 4) is 28.5 Å². The molecule has 0 fully saturated rings. The molecule has 2 aromatic heterocycles. The van der Waals surface area contributed by atoms with Gasteiger partial charge in [-0.1, -0.05) is 54.6 Å². The van der Waals surface area contributed by atoms with Crippen LogP contribution in [0.25, 0.3) is 33.5 Å². The molecule has 0 saturated carbocycles. The highest BCUT2D eigenvalue weighted by atomic mass is 32.1. The van der Waals surface area contributed by atoms with Crippen molar-refractivity contribution in [1.82, 2.24) is 19.7 Å². The SMILES string of the molecule is CC(C)Oc1nc2cccc(C(=O)O)c2n1Cc1ccc(-c2ccccc2-c2nc(=S)o[nH]2)cc1. The highest BCUT2D eigenvalue weighted by Gasteiger charge is 2.20. The van der Waals surface area contributed by atoms with Crippen LogP contribution in [-0.2, 0) is 6.54 Å². The van der Waals surface area contributed by atoms with Crippen LogP contribution in [0.5, 0.6) is 6.01 Å². The number of carboxylic acids is 1. The van der Waals surface area contributed by atoms with E-state index in [4.69, 9.17) is 21.5 Å². The minimum absolute atomic E-state index is 0.110. The van der Waals surface area contributed by atoms with Gasteiger partial charge in [-0.05, 0) is 54.9 Å². The number of rotatable bonds is 7. The van der Waals surface area contributed by atoms with Crippen LogP contribution in [0.2, 0.25) is 0 Å². The number of aromatic amines is 1. The van der Waals surface area contributed by atoms with E-state index in [1.807, 2.05) is 66.9 Å². The number of nitrogens with one attached hydrogen (secondary N) is 1. The van der Waals surface area contributed by atoms with Gasteiger partial charge >= 0.3 is 10.8 Å². The van der Waals surface area contributed by atoms with Gasteiger partial charge in [-0.25, -0.2) is 9.95 Å². The minimum Gasteiger partial charge on any atom is -0.478 e. The Morgan fingerprint density at radius 1 is 1.06 bits per heavy atom. The van der Waals surface area contributed by atoms with Gasteiger partial charge in [-0.2, -0.15) is 9.97 Å². The van der Waals surface area contributed by atoms with E-state index < -0.39 is 5.97 Å². The zero-order valence-electron chi connectivity index (χ0n) is 19.1.